The molecule has 1 N–H and O–H groups in total. The van der Waals surface area contributed by atoms with Crippen molar-refractivity contribution in [3.05, 3.63) is 70.1 Å². The van der Waals surface area contributed by atoms with Crippen LogP contribution in [0.2, 0.25) is 0 Å². The van der Waals surface area contributed by atoms with Gasteiger partial charge in [-0.1, -0.05) is 36.4 Å². The molecule has 0 aliphatic carbocycles. The first kappa shape index (κ1) is 23.8. The quantitative estimate of drug-likeness (QED) is 0.333. The van der Waals surface area contributed by atoms with Crippen LogP contribution in [-0.4, -0.2) is 46.4 Å². The summed E-state index contributed by atoms with van der Waals surface area (Å²) in [6.07, 6.45) is 2.56. The molecule has 2 aliphatic heterocycles. The van der Waals surface area contributed by atoms with E-state index in [1.807, 2.05) is 6.07 Å². The SMILES string of the molecule is CC(C)N1CCc2c(sc(NC(=O)CCN3CCc4ccccc4C3)c2-c2nc3ccccc3s2)C1. The van der Waals surface area contributed by atoms with Gasteiger partial charge in [0, 0.05) is 55.6 Å². The van der Waals surface area contributed by atoms with Gasteiger partial charge in [0.05, 0.1) is 10.2 Å². The number of carbonyl (C=O) groups is 1. The van der Waals surface area contributed by atoms with Gasteiger partial charge in [0.1, 0.15) is 10.0 Å². The molecule has 7 heteroatoms. The Kier molecular flexibility index (Phi) is 6.65. The van der Waals surface area contributed by atoms with Crippen LogP contribution in [0.3, 0.4) is 0 Å². The van der Waals surface area contributed by atoms with E-state index in [0.717, 1.165) is 66.7 Å². The van der Waals surface area contributed by atoms with Crippen molar-refractivity contribution in [2.45, 2.75) is 52.2 Å². The van der Waals surface area contributed by atoms with Gasteiger partial charge in [-0.2, -0.15) is 0 Å². The normalized spacial score (nSPS) is 16.3. The summed E-state index contributed by atoms with van der Waals surface area (Å²) in [6.45, 7) is 9.23. The lowest BCUT2D eigenvalue weighted by Gasteiger charge is -2.30. The summed E-state index contributed by atoms with van der Waals surface area (Å²) in [5.41, 5.74) is 6.39. The molecule has 36 heavy (non-hydrogen) atoms. The van der Waals surface area contributed by atoms with Crippen molar-refractivity contribution < 1.29 is 4.79 Å². The fraction of sp³-hybridized carbons (Fsp3) is 0.379. The molecule has 0 radical (unpaired) electrons. The molecule has 0 atom stereocenters. The highest BCUT2D eigenvalue weighted by molar-refractivity contribution is 7.22. The number of carbonyl (C=O) groups excluding carboxylic acids is 1. The lowest BCUT2D eigenvalue weighted by Crippen LogP contribution is -2.35. The average Bonchev–Trinajstić information content (AvgIpc) is 3.47. The van der Waals surface area contributed by atoms with E-state index in [2.05, 4.69) is 71.4 Å². The molecule has 2 aromatic heterocycles. The van der Waals surface area contributed by atoms with Gasteiger partial charge in [-0.25, -0.2) is 4.98 Å². The van der Waals surface area contributed by atoms with E-state index in [-0.39, 0.29) is 5.91 Å². The maximum atomic E-state index is 13.2. The Labute approximate surface area is 220 Å². The van der Waals surface area contributed by atoms with E-state index in [1.165, 1.54) is 26.3 Å². The lowest BCUT2D eigenvalue weighted by atomic mass is 10.00. The van der Waals surface area contributed by atoms with Crippen molar-refractivity contribution in [3.63, 3.8) is 0 Å². The Morgan fingerprint density at radius 3 is 2.64 bits per heavy atom. The van der Waals surface area contributed by atoms with Crippen LogP contribution in [0.5, 0.6) is 0 Å². The van der Waals surface area contributed by atoms with Gasteiger partial charge >= 0.3 is 0 Å². The average molecular weight is 517 g/mol. The number of hydrogen-bond donors (Lipinski definition) is 1. The smallest absolute Gasteiger partial charge is 0.226 e. The highest BCUT2D eigenvalue weighted by Crippen LogP contribution is 2.46. The van der Waals surface area contributed by atoms with Crippen LogP contribution in [-0.2, 0) is 30.7 Å². The van der Waals surface area contributed by atoms with Crippen molar-refractivity contribution in [3.8, 4) is 10.6 Å². The fourth-order valence-electron chi connectivity index (χ4n) is 5.35. The Morgan fingerprint density at radius 1 is 1.00 bits per heavy atom. The number of benzene rings is 2. The lowest BCUT2D eigenvalue weighted by molar-refractivity contribution is -0.116. The monoisotopic (exact) mass is 516 g/mol. The first-order chi connectivity index (χ1) is 17.5. The minimum absolute atomic E-state index is 0.0931. The Bertz CT molecular complexity index is 1370. The van der Waals surface area contributed by atoms with Crippen LogP contribution in [0, 0.1) is 0 Å². The third-order valence-electron chi connectivity index (χ3n) is 7.44. The molecule has 0 bridgehead atoms. The number of hydrogen-bond acceptors (Lipinski definition) is 6. The highest BCUT2D eigenvalue weighted by Gasteiger charge is 2.28. The molecule has 4 aromatic rings. The van der Waals surface area contributed by atoms with Crippen LogP contribution >= 0.6 is 22.7 Å². The van der Waals surface area contributed by atoms with Crippen LogP contribution in [0.4, 0.5) is 5.00 Å². The molecule has 186 valence electrons. The Morgan fingerprint density at radius 2 is 1.81 bits per heavy atom. The fourth-order valence-corrected chi connectivity index (χ4v) is 7.75. The molecule has 2 aliphatic rings. The van der Waals surface area contributed by atoms with E-state index < -0.39 is 0 Å². The number of rotatable bonds is 6. The maximum absolute atomic E-state index is 13.2. The number of anilines is 1. The van der Waals surface area contributed by atoms with E-state index in [4.69, 9.17) is 4.98 Å². The summed E-state index contributed by atoms with van der Waals surface area (Å²) in [4.78, 5) is 24.4. The minimum Gasteiger partial charge on any atom is -0.317 e. The molecule has 0 spiro atoms. The zero-order valence-corrected chi connectivity index (χ0v) is 22.6. The van der Waals surface area contributed by atoms with Gasteiger partial charge in [0.15, 0.2) is 0 Å². The second-order valence-electron chi connectivity index (χ2n) is 10.1. The molecule has 0 saturated heterocycles. The molecular weight excluding hydrogens is 484 g/mol. The first-order valence-corrected chi connectivity index (χ1v) is 14.5. The van der Waals surface area contributed by atoms with Gasteiger partial charge in [-0.05, 0) is 55.5 Å². The van der Waals surface area contributed by atoms with Crippen molar-refractivity contribution in [1.29, 1.82) is 0 Å². The van der Waals surface area contributed by atoms with Gasteiger partial charge in [0.2, 0.25) is 5.91 Å². The number of thiazole rings is 1. The van der Waals surface area contributed by atoms with E-state index >= 15 is 0 Å². The van der Waals surface area contributed by atoms with Crippen LogP contribution in [0.15, 0.2) is 48.5 Å². The summed E-state index contributed by atoms with van der Waals surface area (Å²) in [5.74, 6) is 0.0931. The van der Waals surface area contributed by atoms with Gasteiger partial charge in [0.25, 0.3) is 0 Å². The number of nitrogens with one attached hydrogen (secondary N) is 1. The predicted octanol–water partition coefficient (Wildman–Crippen LogP) is 6.18. The number of thiophene rings is 1. The zero-order chi connectivity index (χ0) is 24.6. The van der Waals surface area contributed by atoms with Crippen LogP contribution < -0.4 is 5.32 Å². The first-order valence-electron chi connectivity index (χ1n) is 12.9. The molecule has 4 heterocycles. The summed E-state index contributed by atoms with van der Waals surface area (Å²) in [5, 5.41) is 5.31. The topological polar surface area (TPSA) is 48.5 Å². The zero-order valence-electron chi connectivity index (χ0n) is 20.9. The Balaban J connectivity index is 1.22. The van der Waals surface area contributed by atoms with Gasteiger partial charge < -0.3 is 5.32 Å². The predicted molar refractivity (Wildman–Crippen MR) is 151 cm³/mol. The third kappa shape index (κ3) is 4.73. The minimum atomic E-state index is 0.0931. The molecule has 1 amide bonds. The maximum Gasteiger partial charge on any atom is 0.226 e. The summed E-state index contributed by atoms with van der Waals surface area (Å²) in [6, 6.07) is 17.5. The van der Waals surface area contributed by atoms with Crippen molar-refractivity contribution in [2.24, 2.45) is 0 Å². The largest absolute Gasteiger partial charge is 0.317 e. The Hall–Kier alpha value is -2.58. The second-order valence-corrected chi connectivity index (χ2v) is 12.2. The molecule has 0 unspecified atom stereocenters. The number of aromatic nitrogens is 1. The van der Waals surface area contributed by atoms with Gasteiger partial charge in [-0.3, -0.25) is 14.6 Å². The van der Waals surface area contributed by atoms with Crippen molar-refractivity contribution in [2.75, 3.05) is 25.0 Å². The highest BCUT2D eigenvalue weighted by atomic mass is 32.1. The number of para-hydroxylation sites is 1. The van der Waals surface area contributed by atoms with E-state index in [9.17, 15) is 4.79 Å². The third-order valence-corrected chi connectivity index (χ3v) is 9.63. The molecule has 0 saturated carbocycles. The summed E-state index contributed by atoms with van der Waals surface area (Å²) < 4.78 is 1.19. The molecule has 5 nitrogen and oxygen atoms in total. The number of fused-ring (bicyclic) bond motifs is 3. The molecule has 2 aromatic carbocycles. The number of nitrogens with zero attached hydrogens (tertiary/aromatic N) is 3. The van der Waals surface area contributed by atoms with Crippen LogP contribution in [0.25, 0.3) is 20.8 Å². The van der Waals surface area contributed by atoms with Crippen LogP contribution in [0.1, 0.15) is 41.8 Å². The van der Waals surface area contributed by atoms with Crippen molar-refractivity contribution >= 4 is 43.8 Å². The summed E-state index contributed by atoms with van der Waals surface area (Å²) >= 11 is 3.48. The van der Waals surface area contributed by atoms with E-state index in [0.29, 0.717) is 12.5 Å². The second kappa shape index (κ2) is 10.1. The van der Waals surface area contributed by atoms with Crippen molar-refractivity contribution in [1.82, 2.24) is 14.8 Å². The van der Waals surface area contributed by atoms with E-state index in [1.54, 1.807) is 22.7 Å². The molecule has 6 rings (SSSR count). The molecule has 0 fully saturated rings. The van der Waals surface area contributed by atoms with Gasteiger partial charge in [-0.15, -0.1) is 22.7 Å². The summed E-state index contributed by atoms with van der Waals surface area (Å²) in [7, 11) is 0. The molecular formula is C29H32N4OS2. The number of amides is 1. The standard InChI is InChI=1S/C29H32N4OS2/c1-19(2)33-16-12-22-25(18-33)36-29(27(22)28-30-23-9-5-6-10-24(23)35-28)31-26(34)13-15-32-14-11-20-7-3-4-8-21(20)17-32/h3-10,19H,11-18H2,1-2H3,(H,31,34).